The number of nitrogens with one attached hydrogen (secondary N) is 1. The minimum absolute atomic E-state index is 0.0755. The van der Waals surface area contributed by atoms with Gasteiger partial charge in [0.15, 0.2) is 0 Å². The molecule has 0 aliphatic carbocycles. The SMILES string of the molecule is CCC(C)SCC(=O)Nc1ccccc1. The highest BCUT2D eigenvalue weighted by Gasteiger charge is 2.05. The molecule has 0 saturated carbocycles. The molecule has 1 amide bonds. The number of rotatable bonds is 5. The highest BCUT2D eigenvalue weighted by atomic mass is 32.2. The van der Waals surface area contributed by atoms with Crippen LogP contribution in [0.15, 0.2) is 30.3 Å². The molecule has 0 spiro atoms. The van der Waals surface area contributed by atoms with E-state index in [1.165, 1.54) is 0 Å². The Morgan fingerprint density at radius 1 is 1.40 bits per heavy atom. The normalized spacial score (nSPS) is 12.1. The van der Waals surface area contributed by atoms with Crippen LogP contribution in [-0.2, 0) is 4.79 Å². The summed E-state index contributed by atoms with van der Waals surface area (Å²) in [5.74, 6) is 0.607. The molecule has 0 saturated heterocycles. The van der Waals surface area contributed by atoms with Gasteiger partial charge in [0.1, 0.15) is 0 Å². The van der Waals surface area contributed by atoms with Gasteiger partial charge in [-0.3, -0.25) is 4.79 Å². The van der Waals surface area contributed by atoms with E-state index in [0.29, 0.717) is 11.0 Å². The summed E-state index contributed by atoms with van der Waals surface area (Å²) in [6.45, 7) is 4.27. The van der Waals surface area contributed by atoms with E-state index in [9.17, 15) is 4.79 Å². The number of carbonyl (C=O) groups excluding carboxylic acids is 1. The van der Waals surface area contributed by atoms with E-state index in [4.69, 9.17) is 0 Å². The number of para-hydroxylation sites is 1. The fraction of sp³-hybridized carbons (Fsp3) is 0.417. The fourth-order valence-electron chi connectivity index (χ4n) is 1.05. The summed E-state index contributed by atoms with van der Waals surface area (Å²) in [4.78, 5) is 11.5. The predicted molar refractivity (Wildman–Crippen MR) is 67.3 cm³/mol. The van der Waals surface area contributed by atoms with Crippen LogP contribution in [0.5, 0.6) is 0 Å². The van der Waals surface area contributed by atoms with Crippen LogP contribution >= 0.6 is 11.8 Å². The van der Waals surface area contributed by atoms with Crippen LogP contribution in [0, 0.1) is 0 Å². The highest BCUT2D eigenvalue weighted by Crippen LogP contribution is 2.14. The van der Waals surface area contributed by atoms with Crippen LogP contribution in [-0.4, -0.2) is 16.9 Å². The lowest BCUT2D eigenvalue weighted by Crippen LogP contribution is -2.15. The molecule has 1 rings (SSSR count). The Hall–Kier alpha value is -0.960. The van der Waals surface area contributed by atoms with Crippen LogP contribution < -0.4 is 5.32 Å². The van der Waals surface area contributed by atoms with Crippen LogP contribution in [0.3, 0.4) is 0 Å². The average molecular weight is 223 g/mol. The molecule has 0 heterocycles. The number of carbonyl (C=O) groups is 1. The van der Waals surface area contributed by atoms with Gasteiger partial charge in [-0.2, -0.15) is 0 Å². The Labute approximate surface area is 95.5 Å². The number of hydrogen-bond donors (Lipinski definition) is 1. The van der Waals surface area contributed by atoms with E-state index in [-0.39, 0.29) is 5.91 Å². The first-order valence-electron chi connectivity index (χ1n) is 5.19. The Kier molecular flexibility index (Phi) is 5.26. The zero-order valence-electron chi connectivity index (χ0n) is 9.19. The van der Waals surface area contributed by atoms with Gasteiger partial charge in [-0.05, 0) is 18.6 Å². The van der Waals surface area contributed by atoms with Crippen LogP contribution in [0.25, 0.3) is 0 Å². The summed E-state index contributed by atoms with van der Waals surface area (Å²) < 4.78 is 0. The maximum Gasteiger partial charge on any atom is 0.234 e. The molecule has 0 bridgehead atoms. The Morgan fingerprint density at radius 2 is 2.07 bits per heavy atom. The molecule has 1 N–H and O–H groups in total. The molecule has 0 radical (unpaired) electrons. The number of hydrogen-bond acceptors (Lipinski definition) is 2. The van der Waals surface area contributed by atoms with Gasteiger partial charge >= 0.3 is 0 Å². The first-order chi connectivity index (χ1) is 7.22. The zero-order valence-corrected chi connectivity index (χ0v) is 10.0. The van der Waals surface area contributed by atoms with Gasteiger partial charge in [0.25, 0.3) is 0 Å². The van der Waals surface area contributed by atoms with Gasteiger partial charge < -0.3 is 5.32 Å². The third kappa shape index (κ3) is 4.88. The van der Waals surface area contributed by atoms with Gasteiger partial charge in [0.05, 0.1) is 5.75 Å². The van der Waals surface area contributed by atoms with Crippen molar-refractivity contribution in [3.8, 4) is 0 Å². The topological polar surface area (TPSA) is 29.1 Å². The summed E-state index contributed by atoms with van der Waals surface area (Å²) >= 11 is 1.69. The standard InChI is InChI=1S/C12H17NOS/c1-3-10(2)15-9-12(14)13-11-7-5-4-6-8-11/h4-8,10H,3,9H2,1-2H3,(H,13,14). The molecule has 15 heavy (non-hydrogen) atoms. The molecule has 0 aliphatic rings. The quantitative estimate of drug-likeness (QED) is 0.830. The summed E-state index contributed by atoms with van der Waals surface area (Å²) in [5.41, 5.74) is 0.868. The van der Waals surface area contributed by atoms with Crippen LogP contribution in [0.2, 0.25) is 0 Å². The maximum absolute atomic E-state index is 11.5. The van der Waals surface area contributed by atoms with Crippen LogP contribution in [0.1, 0.15) is 20.3 Å². The van der Waals surface area contributed by atoms with Crippen molar-refractivity contribution in [2.45, 2.75) is 25.5 Å². The number of benzene rings is 1. The molecule has 0 fully saturated rings. The van der Waals surface area contributed by atoms with Crippen molar-refractivity contribution >= 4 is 23.4 Å². The van der Waals surface area contributed by atoms with E-state index in [0.717, 1.165) is 12.1 Å². The first-order valence-corrected chi connectivity index (χ1v) is 6.23. The lowest BCUT2D eigenvalue weighted by Gasteiger charge is -2.08. The van der Waals surface area contributed by atoms with E-state index in [2.05, 4.69) is 19.2 Å². The second-order valence-electron chi connectivity index (χ2n) is 3.44. The molecular formula is C12H17NOS. The molecule has 1 unspecified atom stereocenters. The molecule has 3 heteroatoms. The molecule has 82 valence electrons. The summed E-state index contributed by atoms with van der Waals surface area (Å²) in [6.07, 6.45) is 1.10. The van der Waals surface area contributed by atoms with Crippen molar-refractivity contribution in [1.82, 2.24) is 0 Å². The molecule has 1 atom stereocenters. The van der Waals surface area contributed by atoms with E-state index in [1.807, 2.05) is 30.3 Å². The predicted octanol–water partition coefficient (Wildman–Crippen LogP) is 3.16. The summed E-state index contributed by atoms with van der Waals surface area (Å²) in [7, 11) is 0. The van der Waals surface area contributed by atoms with Gasteiger partial charge in [-0.25, -0.2) is 0 Å². The van der Waals surface area contributed by atoms with Crippen molar-refractivity contribution in [3.05, 3.63) is 30.3 Å². The minimum atomic E-state index is 0.0755. The van der Waals surface area contributed by atoms with Crippen molar-refractivity contribution in [2.24, 2.45) is 0 Å². The van der Waals surface area contributed by atoms with E-state index < -0.39 is 0 Å². The Bertz CT molecular complexity index is 300. The van der Waals surface area contributed by atoms with E-state index in [1.54, 1.807) is 11.8 Å². The molecule has 0 aliphatic heterocycles. The third-order valence-corrected chi connectivity index (χ3v) is 3.46. The number of amides is 1. The van der Waals surface area contributed by atoms with Gasteiger partial charge in [0.2, 0.25) is 5.91 Å². The summed E-state index contributed by atoms with van der Waals surface area (Å²) in [6, 6.07) is 9.55. The molecule has 1 aromatic rings. The fourth-order valence-corrected chi connectivity index (χ4v) is 1.80. The lowest BCUT2D eigenvalue weighted by molar-refractivity contribution is -0.113. The van der Waals surface area contributed by atoms with E-state index >= 15 is 0 Å². The van der Waals surface area contributed by atoms with Gasteiger partial charge in [-0.1, -0.05) is 32.0 Å². The van der Waals surface area contributed by atoms with Crippen molar-refractivity contribution in [1.29, 1.82) is 0 Å². The highest BCUT2D eigenvalue weighted by molar-refractivity contribution is 8.00. The third-order valence-electron chi connectivity index (χ3n) is 2.13. The number of anilines is 1. The maximum atomic E-state index is 11.5. The van der Waals surface area contributed by atoms with Gasteiger partial charge in [0, 0.05) is 10.9 Å². The second kappa shape index (κ2) is 6.51. The molecule has 1 aromatic carbocycles. The molecule has 2 nitrogen and oxygen atoms in total. The molecular weight excluding hydrogens is 206 g/mol. The lowest BCUT2D eigenvalue weighted by atomic mass is 10.3. The van der Waals surface area contributed by atoms with Crippen molar-refractivity contribution in [3.63, 3.8) is 0 Å². The van der Waals surface area contributed by atoms with Crippen molar-refractivity contribution in [2.75, 3.05) is 11.1 Å². The zero-order chi connectivity index (χ0) is 11.1. The van der Waals surface area contributed by atoms with Crippen molar-refractivity contribution < 1.29 is 4.79 Å². The Balaban J connectivity index is 2.31. The number of thioether (sulfide) groups is 1. The largest absolute Gasteiger partial charge is 0.325 e. The molecule has 0 aromatic heterocycles. The van der Waals surface area contributed by atoms with Crippen LogP contribution in [0.4, 0.5) is 5.69 Å². The average Bonchev–Trinajstić information content (AvgIpc) is 2.27. The Morgan fingerprint density at radius 3 is 2.67 bits per heavy atom. The smallest absolute Gasteiger partial charge is 0.234 e. The first kappa shape index (κ1) is 12.1. The van der Waals surface area contributed by atoms with Gasteiger partial charge in [-0.15, -0.1) is 11.8 Å². The second-order valence-corrected chi connectivity index (χ2v) is 4.87. The monoisotopic (exact) mass is 223 g/mol. The summed E-state index contributed by atoms with van der Waals surface area (Å²) in [5, 5.41) is 3.41. The minimum Gasteiger partial charge on any atom is -0.325 e.